The van der Waals surface area contributed by atoms with Gasteiger partial charge in [-0.25, -0.2) is 4.79 Å². The fourth-order valence-electron chi connectivity index (χ4n) is 1.75. The standard InChI is InChI=1S/C14H26O3/c1-5-12(4)13(16)17-14(6-2,7-3)10-8-9-11-15/h5,15H,6-11H2,1-4H3. The molecule has 0 spiro atoms. The van der Waals surface area contributed by atoms with Gasteiger partial charge in [-0.05, 0) is 46.0 Å². The van der Waals surface area contributed by atoms with Crippen molar-refractivity contribution in [3.63, 3.8) is 0 Å². The van der Waals surface area contributed by atoms with E-state index in [2.05, 4.69) is 0 Å². The monoisotopic (exact) mass is 242 g/mol. The Kier molecular flexibility index (Phi) is 7.88. The molecule has 0 amide bonds. The SMILES string of the molecule is CC=C(C)C(=O)OC(CC)(CC)CCCCO. The second-order valence-corrected chi connectivity index (χ2v) is 4.43. The number of esters is 1. The summed E-state index contributed by atoms with van der Waals surface area (Å²) in [6.07, 6.45) is 5.88. The van der Waals surface area contributed by atoms with Crippen molar-refractivity contribution in [1.29, 1.82) is 0 Å². The number of aliphatic hydroxyl groups excluding tert-OH is 1. The molecule has 0 atom stereocenters. The molecule has 0 saturated carbocycles. The highest BCUT2D eigenvalue weighted by Gasteiger charge is 2.30. The van der Waals surface area contributed by atoms with E-state index in [1.165, 1.54) is 0 Å². The predicted molar refractivity (Wildman–Crippen MR) is 69.8 cm³/mol. The minimum atomic E-state index is -0.365. The highest BCUT2D eigenvalue weighted by Crippen LogP contribution is 2.28. The molecule has 0 fully saturated rings. The van der Waals surface area contributed by atoms with E-state index in [4.69, 9.17) is 9.84 Å². The van der Waals surface area contributed by atoms with Crippen LogP contribution in [0.4, 0.5) is 0 Å². The highest BCUT2D eigenvalue weighted by molar-refractivity contribution is 5.87. The zero-order chi connectivity index (χ0) is 13.3. The van der Waals surface area contributed by atoms with Crippen molar-refractivity contribution >= 4 is 5.97 Å². The van der Waals surface area contributed by atoms with Crippen LogP contribution < -0.4 is 0 Å². The van der Waals surface area contributed by atoms with Gasteiger partial charge in [-0.3, -0.25) is 0 Å². The first-order chi connectivity index (χ1) is 8.05. The fourth-order valence-corrected chi connectivity index (χ4v) is 1.75. The normalized spacial score (nSPS) is 12.6. The second-order valence-electron chi connectivity index (χ2n) is 4.43. The molecule has 0 aromatic heterocycles. The van der Waals surface area contributed by atoms with Gasteiger partial charge in [0.25, 0.3) is 0 Å². The predicted octanol–water partition coefficient (Wildman–Crippen LogP) is 3.22. The maximum absolute atomic E-state index is 11.8. The summed E-state index contributed by atoms with van der Waals surface area (Å²) in [7, 11) is 0. The van der Waals surface area contributed by atoms with Crippen LogP contribution >= 0.6 is 0 Å². The van der Waals surface area contributed by atoms with E-state index in [0.717, 1.165) is 32.1 Å². The molecular weight excluding hydrogens is 216 g/mol. The number of ether oxygens (including phenoxy) is 1. The van der Waals surface area contributed by atoms with Crippen molar-refractivity contribution in [2.24, 2.45) is 0 Å². The summed E-state index contributed by atoms with van der Waals surface area (Å²) in [5.74, 6) is -0.222. The third kappa shape index (κ3) is 5.35. The van der Waals surface area contributed by atoms with Crippen LogP contribution in [-0.4, -0.2) is 23.3 Å². The summed E-state index contributed by atoms with van der Waals surface area (Å²) in [5.41, 5.74) is 0.287. The first-order valence-electron chi connectivity index (χ1n) is 6.52. The Morgan fingerprint density at radius 2 is 1.88 bits per heavy atom. The van der Waals surface area contributed by atoms with E-state index in [9.17, 15) is 4.79 Å². The number of unbranched alkanes of at least 4 members (excludes halogenated alkanes) is 1. The molecule has 0 radical (unpaired) electrons. The molecule has 3 heteroatoms. The third-order valence-electron chi connectivity index (χ3n) is 3.39. The zero-order valence-corrected chi connectivity index (χ0v) is 11.6. The van der Waals surface area contributed by atoms with E-state index in [1.807, 2.05) is 20.8 Å². The molecule has 0 aromatic carbocycles. The van der Waals surface area contributed by atoms with Crippen molar-refractivity contribution in [1.82, 2.24) is 0 Å². The first kappa shape index (κ1) is 16.2. The lowest BCUT2D eigenvalue weighted by atomic mass is 9.90. The van der Waals surface area contributed by atoms with Crippen LogP contribution in [0.1, 0.15) is 59.8 Å². The van der Waals surface area contributed by atoms with Gasteiger partial charge in [-0.2, -0.15) is 0 Å². The van der Waals surface area contributed by atoms with Crippen molar-refractivity contribution in [2.75, 3.05) is 6.61 Å². The summed E-state index contributed by atoms with van der Waals surface area (Å²) in [4.78, 5) is 11.8. The summed E-state index contributed by atoms with van der Waals surface area (Å²) in [6, 6.07) is 0. The van der Waals surface area contributed by atoms with Crippen LogP contribution in [0.3, 0.4) is 0 Å². The zero-order valence-electron chi connectivity index (χ0n) is 11.6. The van der Waals surface area contributed by atoms with Gasteiger partial charge in [0.2, 0.25) is 0 Å². The Bertz CT molecular complexity index is 252. The molecule has 0 heterocycles. The Morgan fingerprint density at radius 3 is 2.29 bits per heavy atom. The molecule has 0 aliphatic rings. The van der Waals surface area contributed by atoms with Crippen LogP contribution in [0.2, 0.25) is 0 Å². The largest absolute Gasteiger partial charge is 0.456 e. The lowest BCUT2D eigenvalue weighted by Crippen LogP contribution is -2.34. The quantitative estimate of drug-likeness (QED) is 0.404. The van der Waals surface area contributed by atoms with Gasteiger partial charge in [0, 0.05) is 12.2 Å². The molecular formula is C14H26O3. The number of carbonyl (C=O) groups excluding carboxylic acids is 1. The van der Waals surface area contributed by atoms with Crippen molar-refractivity contribution in [2.45, 2.75) is 65.4 Å². The molecule has 0 bridgehead atoms. The van der Waals surface area contributed by atoms with Gasteiger partial charge in [-0.1, -0.05) is 19.9 Å². The Morgan fingerprint density at radius 1 is 1.29 bits per heavy atom. The van der Waals surface area contributed by atoms with Crippen LogP contribution in [-0.2, 0) is 9.53 Å². The third-order valence-corrected chi connectivity index (χ3v) is 3.39. The highest BCUT2D eigenvalue weighted by atomic mass is 16.6. The lowest BCUT2D eigenvalue weighted by molar-refractivity contribution is -0.156. The number of aliphatic hydroxyl groups is 1. The Hall–Kier alpha value is -0.830. The van der Waals surface area contributed by atoms with Gasteiger partial charge >= 0.3 is 5.97 Å². The van der Waals surface area contributed by atoms with Gasteiger partial charge in [0.05, 0.1) is 0 Å². The smallest absolute Gasteiger partial charge is 0.333 e. The molecule has 17 heavy (non-hydrogen) atoms. The first-order valence-corrected chi connectivity index (χ1v) is 6.52. The summed E-state index contributed by atoms with van der Waals surface area (Å²) < 4.78 is 5.65. The van der Waals surface area contributed by atoms with E-state index >= 15 is 0 Å². The minimum absolute atomic E-state index is 0.200. The van der Waals surface area contributed by atoms with Crippen LogP contribution in [0, 0.1) is 0 Å². The van der Waals surface area contributed by atoms with Gasteiger partial charge in [0.15, 0.2) is 0 Å². The number of allylic oxidation sites excluding steroid dienone is 1. The second kappa shape index (κ2) is 8.29. The van der Waals surface area contributed by atoms with E-state index in [1.54, 1.807) is 13.0 Å². The maximum atomic E-state index is 11.8. The molecule has 0 aromatic rings. The molecule has 0 saturated heterocycles. The van der Waals surface area contributed by atoms with Gasteiger partial charge < -0.3 is 9.84 Å². The average Bonchev–Trinajstić information content (AvgIpc) is 2.36. The Labute approximate surface area is 105 Å². The van der Waals surface area contributed by atoms with Gasteiger partial charge in [-0.15, -0.1) is 0 Å². The molecule has 0 unspecified atom stereocenters. The summed E-state index contributed by atoms with van der Waals surface area (Å²) in [5, 5.41) is 8.80. The maximum Gasteiger partial charge on any atom is 0.333 e. The molecule has 0 aliphatic heterocycles. The number of carbonyl (C=O) groups is 1. The average molecular weight is 242 g/mol. The fraction of sp³-hybridized carbons (Fsp3) is 0.786. The Balaban J connectivity index is 4.54. The number of rotatable bonds is 8. The molecule has 1 N–H and O–H groups in total. The molecule has 100 valence electrons. The topological polar surface area (TPSA) is 46.5 Å². The van der Waals surface area contributed by atoms with Crippen molar-refractivity contribution in [3.05, 3.63) is 11.6 Å². The van der Waals surface area contributed by atoms with Crippen molar-refractivity contribution in [3.8, 4) is 0 Å². The van der Waals surface area contributed by atoms with Crippen LogP contribution in [0.15, 0.2) is 11.6 Å². The summed E-state index contributed by atoms with van der Waals surface area (Å²) >= 11 is 0. The van der Waals surface area contributed by atoms with E-state index in [0.29, 0.717) is 5.57 Å². The molecule has 0 rings (SSSR count). The number of hydrogen-bond donors (Lipinski definition) is 1. The lowest BCUT2D eigenvalue weighted by Gasteiger charge is -2.31. The van der Waals surface area contributed by atoms with Gasteiger partial charge in [0.1, 0.15) is 5.60 Å². The van der Waals surface area contributed by atoms with E-state index in [-0.39, 0.29) is 18.2 Å². The molecule has 3 nitrogen and oxygen atoms in total. The number of hydrogen-bond acceptors (Lipinski definition) is 3. The summed E-state index contributed by atoms with van der Waals surface area (Å²) in [6.45, 7) is 7.89. The minimum Gasteiger partial charge on any atom is -0.456 e. The molecule has 0 aliphatic carbocycles. The van der Waals surface area contributed by atoms with Crippen molar-refractivity contribution < 1.29 is 14.6 Å². The van der Waals surface area contributed by atoms with Crippen LogP contribution in [0.5, 0.6) is 0 Å². The van der Waals surface area contributed by atoms with E-state index < -0.39 is 0 Å². The van der Waals surface area contributed by atoms with Crippen LogP contribution in [0.25, 0.3) is 0 Å².